The highest BCUT2D eigenvalue weighted by molar-refractivity contribution is 7.71. The molecule has 0 spiro atoms. The minimum Gasteiger partial charge on any atom is -0.493 e. The highest BCUT2D eigenvalue weighted by Gasteiger charge is 2.22. The third-order valence-corrected chi connectivity index (χ3v) is 6.13. The minimum atomic E-state index is -0.723. The molecule has 2 N–H and O–H groups in total. The Morgan fingerprint density at radius 1 is 1.10 bits per heavy atom. The van der Waals surface area contributed by atoms with E-state index in [-0.39, 0.29) is 11.8 Å². The Hall–Kier alpha value is -1.34. The number of nitrogens with zero attached hydrogens (tertiary/aromatic N) is 2. The van der Waals surface area contributed by atoms with Crippen LogP contribution in [0.1, 0.15) is 90.2 Å². The molecule has 7 heteroatoms. The number of hydrogen-bond acceptors (Lipinski definition) is 5. The lowest BCUT2D eigenvalue weighted by Gasteiger charge is -2.24. The van der Waals surface area contributed by atoms with Crippen molar-refractivity contribution < 1.29 is 19.7 Å². The predicted molar refractivity (Wildman–Crippen MR) is 119 cm³/mol. The second kappa shape index (κ2) is 13.1. The maximum atomic E-state index is 11.2. The molecular weight excluding hydrogens is 388 g/mol. The number of esters is 1. The van der Waals surface area contributed by atoms with Crippen LogP contribution in [-0.4, -0.2) is 38.0 Å². The summed E-state index contributed by atoms with van der Waals surface area (Å²) in [7, 11) is 3.19. The van der Waals surface area contributed by atoms with E-state index < -0.39 is 5.60 Å². The molecule has 0 saturated carbocycles. The molecular formula is C22H40N2O4S. The van der Waals surface area contributed by atoms with Gasteiger partial charge in [0, 0.05) is 20.0 Å². The fourth-order valence-electron chi connectivity index (χ4n) is 3.61. The quantitative estimate of drug-likeness (QED) is 0.232. The second-order valence-electron chi connectivity index (χ2n) is 8.31. The van der Waals surface area contributed by atoms with Crippen LogP contribution in [0, 0.1) is 4.77 Å². The maximum Gasteiger partial charge on any atom is 0.305 e. The molecule has 0 amide bonds. The van der Waals surface area contributed by atoms with E-state index in [1.54, 1.807) is 11.6 Å². The van der Waals surface area contributed by atoms with Crippen molar-refractivity contribution in [1.29, 1.82) is 0 Å². The molecule has 0 fully saturated rings. The van der Waals surface area contributed by atoms with Crippen molar-refractivity contribution in [3.05, 3.63) is 10.5 Å². The third kappa shape index (κ3) is 8.91. The summed E-state index contributed by atoms with van der Waals surface area (Å²) in [5.41, 5.74) is 0.117. The van der Waals surface area contributed by atoms with E-state index >= 15 is 0 Å². The number of aromatic nitrogens is 2. The molecule has 0 bridgehead atoms. The van der Waals surface area contributed by atoms with E-state index in [0.29, 0.717) is 24.2 Å². The first-order valence-electron chi connectivity index (χ1n) is 11.0. The summed E-state index contributed by atoms with van der Waals surface area (Å²) in [5.74, 6) is 0.0493. The molecule has 1 aromatic heterocycles. The lowest BCUT2D eigenvalue weighted by molar-refractivity contribution is -0.140. The van der Waals surface area contributed by atoms with Gasteiger partial charge in [-0.3, -0.25) is 9.36 Å². The Bertz CT molecular complexity index is 679. The van der Waals surface area contributed by atoms with Gasteiger partial charge in [0.25, 0.3) is 0 Å². The van der Waals surface area contributed by atoms with Gasteiger partial charge in [-0.1, -0.05) is 45.4 Å². The average molecular weight is 429 g/mol. The number of methoxy groups -OCH3 is 1. The molecule has 0 saturated heterocycles. The van der Waals surface area contributed by atoms with Crippen molar-refractivity contribution in [3.8, 4) is 5.88 Å². The second-order valence-corrected chi connectivity index (χ2v) is 8.68. The number of imidazole rings is 1. The molecule has 0 aliphatic rings. The highest BCUT2D eigenvalue weighted by Crippen LogP contribution is 2.25. The molecule has 0 aromatic carbocycles. The van der Waals surface area contributed by atoms with Gasteiger partial charge >= 0.3 is 5.97 Å². The van der Waals surface area contributed by atoms with Gasteiger partial charge in [-0.15, -0.1) is 0 Å². The standard InChI is InChI=1S/C22H40N2O4S/c1-5-6-7-12-15-22(2,27)16-17-24-18(20(26)23(3)21(24)29)13-10-8-9-11-14-19(25)28-4/h26-27H,5-17H2,1-4H3. The summed E-state index contributed by atoms with van der Waals surface area (Å²) in [6, 6.07) is 0. The third-order valence-electron chi connectivity index (χ3n) is 5.63. The Morgan fingerprint density at radius 2 is 1.76 bits per heavy atom. The molecule has 1 rings (SSSR count). The van der Waals surface area contributed by atoms with Gasteiger partial charge in [0.05, 0.1) is 18.4 Å². The molecule has 0 aliphatic heterocycles. The number of ether oxygens (including phenoxy) is 1. The maximum absolute atomic E-state index is 11.2. The largest absolute Gasteiger partial charge is 0.493 e. The summed E-state index contributed by atoms with van der Waals surface area (Å²) < 4.78 is 8.85. The van der Waals surface area contributed by atoms with E-state index in [9.17, 15) is 15.0 Å². The number of carbonyl (C=O) groups excluding carboxylic acids is 1. The average Bonchev–Trinajstić information content (AvgIpc) is 2.89. The van der Waals surface area contributed by atoms with Gasteiger partial charge < -0.3 is 19.5 Å². The van der Waals surface area contributed by atoms with Crippen LogP contribution in [0.5, 0.6) is 5.88 Å². The van der Waals surface area contributed by atoms with E-state index in [4.69, 9.17) is 12.2 Å². The van der Waals surface area contributed by atoms with E-state index in [1.807, 2.05) is 11.5 Å². The fourth-order valence-corrected chi connectivity index (χ4v) is 3.89. The first-order valence-corrected chi connectivity index (χ1v) is 11.4. The molecule has 0 radical (unpaired) electrons. The summed E-state index contributed by atoms with van der Waals surface area (Å²) in [4.78, 5) is 11.2. The number of rotatable bonds is 15. The van der Waals surface area contributed by atoms with Crippen LogP contribution >= 0.6 is 12.2 Å². The van der Waals surface area contributed by atoms with Gasteiger partial charge in [-0.05, 0) is 51.2 Å². The first-order chi connectivity index (χ1) is 13.7. The van der Waals surface area contributed by atoms with E-state index in [0.717, 1.165) is 57.1 Å². The number of carbonyl (C=O) groups is 1. The molecule has 0 aliphatic carbocycles. The Kier molecular flexibility index (Phi) is 11.6. The SMILES string of the molecule is CCCCCCC(C)(O)CCn1c(CCCCCCC(=O)OC)c(O)n(C)c1=S. The van der Waals surface area contributed by atoms with Crippen LogP contribution in [0.3, 0.4) is 0 Å². The van der Waals surface area contributed by atoms with Crippen LogP contribution in [0.25, 0.3) is 0 Å². The van der Waals surface area contributed by atoms with Crippen LogP contribution in [0.15, 0.2) is 0 Å². The van der Waals surface area contributed by atoms with Crippen molar-refractivity contribution in [2.75, 3.05) is 7.11 Å². The van der Waals surface area contributed by atoms with Crippen LogP contribution in [-0.2, 0) is 29.5 Å². The van der Waals surface area contributed by atoms with Crippen LogP contribution in [0.4, 0.5) is 0 Å². The number of aromatic hydroxyl groups is 1. The zero-order valence-electron chi connectivity index (χ0n) is 18.7. The summed E-state index contributed by atoms with van der Waals surface area (Å²) in [6.45, 7) is 4.68. The number of unbranched alkanes of at least 4 members (excludes halogenated alkanes) is 6. The first kappa shape index (κ1) is 25.7. The normalized spacial score (nSPS) is 13.4. The predicted octanol–water partition coefficient (Wildman–Crippen LogP) is 5.04. The number of aliphatic hydroxyl groups is 1. The van der Waals surface area contributed by atoms with Crippen LogP contribution < -0.4 is 0 Å². The zero-order valence-corrected chi connectivity index (χ0v) is 19.5. The monoisotopic (exact) mass is 428 g/mol. The molecule has 1 heterocycles. The Balaban J connectivity index is 2.59. The lowest BCUT2D eigenvalue weighted by atomic mass is 9.94. The molecule has 29 heavy (non-hydrogen) atoms. The smallest absolute Gasteiger partial charge is 0.305 e. The molecule has 1 aromatic rings. The summed E-state index contributed by atoms with van der Waals surface area (Å²) >= 11 is 5.51. The van der Waals surface area contributed by atoms with Crippen molar-refractivity contribution in [3.63, 3.8) is 0 Å². The lowest BCUT2D eigenvalue weighted by Crippen LogP contribution is -2.26. The molecule has 6 nitrogen and oxygen atoms in total. The van der Waals surface area contributed by atoms with Gasteiger partial charge in [-0.25, -0.2) is 0 Å². The fraction of sp³-hybridized carbons (Fsp3) is 0.818. The summed E-state index contributed by atoms with van der Waals surface area (Å²) in [6.07, 6.45) is 10.8. The Labute approximate surface area is 180 Å². The van der Waals surface area contributed by atoms with Gasteiger partial charge in [0.15, 0.2) is 4.77 Å². The van der Waals surface area contributed by atoms with Crippen LogP contribution in [0.2, 0.25) is 0 Å². The zero-order chi connectivity index (χ0) is 21.9. The molecule has 1 atom stereocenters. The van der Waals surface area contributed by atoms with E-state index in [1.165, 1.54) is 20.0 Å². The van der Waals surface area contributed by atoms with Crippen molar-refractivity contribution in [2.24, 2.45) is 7.05 Å². The molecule has 1 unspecified atom stereocenters. The topological polar surface area (TPSA) is 76.6 Å². The minimum absolute atomic E-state index is 0.166. The van der Waals surface area contributed by atoms with E-state index in [2.05, 4.69) is 11.7 Å². The molecule has 168 valence electrons. The van der Waals surface area contributed by atoms with Crippen molar-refractivity contribution >= 4 is 18.2 Å². The van der Waals surface area contributed by atoms with Gasteiger partial charge in [-0.2, -0.15) is 0 Å². The van der Waals surface area contributed by atoms with Gasteiger partial charge in [0.1, 0.15) is 0 Å². The van der Waals surface area contributed by atoms with Crippen molar-refractivity contribution in [2.45, 2.75) is 103 Å². The summed E-state index contributed by atoms with van der Waals surface area (Å²) in [5, 5.41) is 21.2. The van der Waals surface area contributed by atoms with Gasteiger partial charge in [0.2, 0.25) is 5.88 Å². The Morgan fingerprint density at radius 3 is 2.41 bits per heavy atom. The number of hydrogen-bond donors (Lipinski definition) is 2. The van der Waals surface area contributed by atoms with Crippen molar-refractivity contribution in [1.82, 2.24) is 9.13 Å². The highest BCUT2D eigenvalue weighted by atomic mass is 32.1.